The van der Waals surface area contributed by atoms with Crippen molar-refractivity contribution in [2.75, 3.05) is 26.7 Å². The standard InChI is InChI=1S/C15H23FN2O2S/c1-11-7-14(8-12(2)15(11)16)21(19,20)18-6-4-5-13(10-18)9-17-3/h7-8,13,17H,4-6,9-10H2,1-3H3. The van der Waals surface area contributed by atoms with Crippen molar-refractivity contribution >= 4 is 10.0 Å². The zero-order valence-electron chi connectivity index (χ0n) is 12.8. The Morgan fingerprint density at radius 1 is 1.33 bits per heavy atom. The molecule has 1 fully saturated rings. The summed E-state index contributed by atoms with van der Waals surface area (Å²) in [5.74, 6) is 0.00169. The van der Waals surface area contributed by atoms with Crippen molar-refractivity contribution in [3.05, 3.63) is 29.1 Å². The fourth-order valence-corrected chi connectivity index (χ4v) is 4.63. The van der Waals surface area contributed by atoms with Crippen molar-refractivity contribution in [2.45, 2.75) is 31.6 Å². The Hall–Kier alpha value is -0.980. The third kappa shape index (κ3) is 3.44. The van der Waals surface area contributed by atoms with Crippen LogP contribution in [-0.4, -0.2) is 39.4 Å². The Bertz CT molecular complexity index is 591. The number of benzene rings is 1. The van der Waals surface area contributed by atoms with Crippen LogP contribution in [0.3, 0.4) is 0 Å². The molecule has 2 rings (SSSR count). The molecule has 1 N–H and O–H groups in total. The minimum absolute atomic E-state index is 0.198. The molecule has 21 heavy (non-hydrogen) atoms. The highest BCUT2D eigenvalue weighted by molar-refractivity contribution is 7.89. The fourth-order valence-electron chi connectivity index (χ4n) is 2.90. The van der Waals surface area contributed by atoms with Crippen LogP contribution in [0.1, 0.15) is 24.0 Å². The molecule has 0 amide bonds. The van der Waals surface area contributed by atoms with Gasteiger partial charge in [-0.2, -0.15) is 4.31 Å². The van der Waals surface area contributed by atoms with Gasteiger partial charge in [-0.25, -0.2) is 12.8 Å². The van der Waals surface area contributed by atoms with Gasteiger partial charge in [0.25, 0.3) is 0 Å². The lowest BCUT2D eigenvalue weighted by atomic mass is 10.00. The highest BCUT2D eigenvalue weighted by Crippen LogP contribution is 2.26. The molecule has 0 aliphatic carbocycles. The van der Waals surface area contributed by atoms with Gasteiger partial charge in [-0.1, -0.05) is 0 Å². The van der Waals surface area contributed by atoms with Crippen LogP contribution in [0.15, 0.2) is 17.0 Å². The lowest BCUT2D eigenvalue weighted by molar-refractivity contribution is 0.263. The number of halogens is 1. The van der Waals surface area contributed by atoms with Crippen LogP contribution >= 0.6 is 0 Å². The summed E-state index contributed by atoms with van der Waals surface area (Å²) in [5, 5.41) is 3.10. The molecule has 0 bridgehead atoms. The molecule has 1 atom stereocenters. The van der Waals surface area contributed by atoms with Gasteiger partial charge in [-0.3, -0.25) is 0 Å². The van der Waals surface area contributed by atoms with Gasteiger partial charge in [0.05, 0.1) is 4.90 Å². The second-order valence-corrected chi connectivity index (χ2v) is 7.74. The molecule has 1 heterocycles. The van der Waals surface area contributed by atoms with Crippen LogP contribution in [0.2, 0.25) is 0 Å². The lowest BCUT2D eigenvalue weighted by Crippen LogP contribution is -2.42. The SMILES string of the molecule is CNCC1CCCN(S(=O)(=O)c2cc(C)c(F)c(C)c2)C1. The van der Waals surface area contributed by atoms with Crippen molar-refractivity contribution < 1.29 is 12.8 Å². The molecule has 118 valence electrons. The molecule has 6 heteroatoms. The molecular formula is C15H23FN2O2S. The average molecular weight is 314 g/mol. The first-order chi connectivity index (χ1) is 9.86. The highest BCUT2D eigenvalue weighted by atomic mass is 32.2. The van der Waals surface area contributed by atoms with Crippen LogP contribution in [0.25, 0.3) is 0 Å². The van der Waals surface area contributed by atoms with Crippen molar-refractivity contribution in [3.63, 3.8) is 0 Å². The Morgan fingerprint density at radius 2 is 1.95 bits per heavy atom. The third-order valence-electron chi connectivity index (χ3n) is 4.02. The molecule has 0 saturated carbocycles. The molecule has 0 radical (unpaired) electrons. The van der Waals surface area contributed by atoms with E-state index in [1.807, 2.05) is 7.05 Å². The second kappa shape index (κ2) is 6.42. The van der Waals surface area contributed by atoms with Crippen LogP contribution in [0.4, 0.5) is 4.39 Å². The fraction of sp³-hybridized carbons (Fsp3) is 0.600. The van der Waals surface area contributed by atoms with Gasteiger partial charge < -0.3 is 5.32 Å². The van der Waals surface area contributed by atoms with Crippen LogP contribution < -0.4 is 5.32 Å². The first-order valence-electron chi connectivity index (χ1n) is 7.27. The number of sulfonamides is 1. The third-order valence-corrected chi connectivity index (χ3v) is 5.87. The highest BCUT2D eigenvalue weighted by Gasteiger charge is 2.30. The van der Waals surface area contributed by atoms with E-state index in [0.29, 0.717) is 30.1 Å². The number of nitrogens with one attached hydrogen (secondary N) is 1. The summed E-state index contributed by atoms with van der Waals surface area (Å²) in [4.78, 5) is 0.198. The molecule has 1 aliphatic rings. The van der Waals surface area contributed by atoms with E-state index in [1.165, 1.54) is 16.4 Å². The van der Waals surface area contributed by atoms with E-state index in [-0.39, 0.29) is 10.7 Å². The van der Waals surface area contributed by atoms with E-state index in [2.05, 4.69) is 5.32 Å². The lowest BCUT2D eigenvalue weighted by Gasteiger charge is -2.32. The summed E-state index contributed by atoms with van der Waals surface area (Å²) in [5.41, 5.74) is 0.745. The first-order valence-corrected chi connectivity index (χ1v) is 8.71. The predicted molar refractivity (Wildman–Crippen MR) is 81.3 cm³/mol. The summed E-state index contributed by atoms with van der Waals surface area (Å²) < 4.78 is 40.7. The van der Waals surface area contributed by atoms with Gasteiger partial charge in [0.1, 0.15) is 5.82 Å². The largest absolute Gasteiger partial charge is 0.319 e. The van der Waals surface area contributed by atoms with Gasteiger partial charge >= 0.3 is 0 Å². The van der Waals surface area contributed by atoms with Crippen LogP contribution in [0.5, 0.6) is 0 Å². The topological polar surface area (TPSA) is 49.4 Å². The Labute approximate surface area is 126 Å². The average Bonchev–Trinajstić information content (AvgIpc) is 2.45. The Balaban J connectivity index is 2.29. The predicted octanol–water partition coefficient (Wildman–Crippen LogP) is 2.06. The monoisotopic (exact) mass is 314 g/mol. The van der Waals surface area contributed by atoms with Crippen molar-refractivity contribution in [1.82, 2.24) is 9.62 Å². The number of hydrogen-bond acceptors (Lipinski definition) is 3. The Kier molecular flexibility index (Phi) is 5.01. The van der Waals surface area contributed by atoms with Crippen LogP contribution in [-0.2, 0) is 10.0 Å². The molecule has 0 spiro atoms. The Morgan fingerprint density at radius 3 is 2.52 bits per heavy atom. The van der Waals surface area contributed by atoms with E-state index in [1.54, 1.807) is 13.8 Å². The molecule has 1 aromatic rings. The number of hydrogen-bond donors (Lipinski definition) is 1. The number of piperidine rings is 1. The van der Waals surface area contributed by atoms with Crippen molar-refractivity contribution in [1.29, 1.82) is 0 Å². The molecule has 0 aromatic heterocycles. The minimum Gasteiger partial charge on any atom is -0.319 e. The molecular weight excluding hydrogens is 291 g/mol. The van der Waals surface area contributed by atoms with Gasteiger partial charge in [0.15, 0.2) is 0 Å². The van der Waals surface area contributed by atoms with Gasteiger partial charge in [-0.05, 0) is 69.5 Å². The van der Waals surface area contributed by atoms with E-state index >= 15 is 0 Å². The zero-order valence-corrected chi connectivity index (χ0v) is 13.6. The van der Waals surface area contributed by atoms with E-state index in [4.69, 9.17) is 0 Å². The summed E-state index contributed by atoms with van der Waals surface area (Å²) in [6.45, 7) is 5.08. The van der Waals surface area contributed by atoms with Crippen LogP contribution in [0, 0.1) is 25.6 Å². The smallest absolute Gasteiger partial charge is 0.243 e. The van der Waals surface area contributed by atoms with Gasteiger partial charge in [0.2, 0.25) is 10.0 Å². The van der Waals surface area contributed by atoms with Crippen molar-refractivity contribution in [2.24, 2.45) is 5.92 Å². The maximum Gasteiger partial charge on any atom is 0.243 e. The minimum atomic E-state index is -3.54. The van der Waals surface area contributed by atoms with Crippen molar-refractivity contribution in [3.8, 4) is 0 Å². The molecule has 1 aromatic carbocycles. The normalized spacial score (nSPS) is 20.7. The molecule has 1 unspecified atom stereocenters. The number of aryl methyl sites for hydroxylation is 2. The van der Waals surface area contributed by atoms with Gasteiger partial charge in [-0.15, -0.1) is 0 Å². The first kappa shape index (κ1) is 16.4. The maximum absolute atomic E-state index is 13.7. The summed E-state index contributed by atoms with van der Waals surface area (Å²) in [6, 6.07) is 2.86. The maximum atomic E-state index is 13.7. The van der Waals surface area contributed by atoms with E-state index in [9.17, 15) is 12.8 Å². The quantitative estimate of drug-likeness (QED) is 0.925. The summed E-state index contributed by atoms with van der Waals surface area (Å²) in [7, 11) is -1.66. The molecule has 1 aliphatic heterocycles. The second-order valence-electron chi connectivity index (χ2n) is 5.80. The number of rotatable bonds is 4. The summed E-state index contributed by atoms with van der Waals surface area (Å²) >= 11 is 0. The van der Waals surface area contributed by atoms with Gasteiger partial charge in [0, 0.05) is 13.1 Å². The molecule has 1 saturated heterocycles. The zero-order chi connectivity index (χ0) is 15.6. The summed E-state index contributed by atoms with van der Waals surface area (Å²) in [6.07, 6.45) is 1.90. The molecule has 4 nitrogen and oxygen atoms in total. The van der Waals surface area contributed by atoms with E-state index in [0.717, 1.165) is 19.4 Å². The van der Waals surface area contributed by atoms with E-state index < -0.39 is 10.0 Å². The number of nitrogens with zero attached hydrogens (tertiary/aromatic N) is 1.